The largest absolute Gasteiger partial charge is 0.417 e. The van der Waals surface area contributed by atoms with Gasteiger partial charge in [0.25, 0.3) is 0 Å². The highest BCUT2D eigenvalue weighted by Gasteiger charge is 2.35. The van der Waals surface area contributed by atoms with E-state index < -0.39 is 44.0 Å². The van der Waals surface area contributed by atoms with Crippen molar-refractivity contribution in [2.45, 2.75) is 31.1 Å². The van der Waals surface area contributed by atoms with Crippen molar-refractivity contribution in [3.63, 3.8) is 0 Å². The van der Waals surface area contributed by atoms with E-state index in [-0.39, 0.29) is 11.5 Å². The van der Waals surface area contributed by atoms with Crippen LogP contribution in [0.5, 0.6) is 0 Å². The molecule has 12 heteroatoms. The molecule has 0 aliphatic carbocycles. The maximum Gasteiger partial charge on any atom is 0.417 e. The zero-order valence-corrected chi connectivity index (χ0v) is 17.8. The van der Waals surface area contributed by atoms with Crippen LogP contribution in [0.25, 0.3) is 22.8 Å². The van der Waals surface area contributed by atoms with Crippen molar-refractivity contribution < 1.29 is 34.8 Å². The first-order chi connectivity index (χ1) is 14.7. The predicted molar refractivity (Wildman–Crippen MR) is 104 cm³/mol. The van der Waals surface area contributed by atoms with Gasteiger partial charge in [0.15, 0.2) is 15.7 Å². The Balaban J connectivity index is 2.21. The molecule has 0 unspecified atom stereocenters. The lowest BCUT2D eigenvalue weighted by Crippen LogP contribution is -2.13. The summed E-state index contributed by atoms with van der Waals surface area (Å²) in [7, 11) is -2.63. The van der Waals surface area contributed by atoms with Crippen LogP contribution in [0, 0.1) is 6.92 Å². The molecule has 0 saturated heterocycles. The Kier molecular flexibility index (Phi) is 5.87. The van der Waals surface area contributed by atoms with Gasteiger partial charge in [-0.3, -0.25) is 4.98 Å². The number of nitrogens with zero attached hydrogens (tertiary/aromatic N) is 3. The summed E-state index contributed by atoms with van der Waals surface area (Å²) in [5, 5.41) is 0. The van der Waals surface area contributed by atoms with E-state index in [4.69, 9.17) is 0 Å². The molecule has 32 heavy (non-hydrogen) atoms. The number of alkyl halides is 6. The van der Waals surface area contributed by atoms with Crippen LogP contribution in [0.2, 0.25) is 0 Å². The normalized spacial score (nSPS) is 12.9. The quantitative estimate of drug-likeness (QED) is 0.479. The van der Waals surface area contributed by atoms with Crippen LogP contribution >= 0.6 is 0 Å². The zero-order chi connectivity index (χ0) is 24.1. The topological polar surface area (TPSA) is 64.8 Å². The van der Waals surface area contributed by atoms with Gasteiger partial charge in [-0.1, -0.05) is 19.1 Å². The van der Waals surface area contributed by atoms with Crippen molar-refractivity contribution in [3.8, 4) is 22.8 Å². The number of hydrogen-bond acceptors (Lipinski definition) is 4. The summed E-state index contributed by atoms with van der Waals surface area (Å²) >= 11 is 0. The number of aryl methyl sites for hydroxylation is 1. The van der Waals surface area contributed by atoms with Gasteiger partial charge in [0.2, 0.25) is 0 Å². The molecule has 0 spiro atoms. The van der Waals surface area contributed by atoms with Crippen molar-refractivity contribution in [3.05, 3.63) is 53.3 Å². The summed E-state index contributed by atoms with van der Waals surface area (Å²) in [4.78, 5) is 7.39. The number of pyridine rings is 1. The van der Waals surface area contributed by atoms with Crippen molar-refractivity contribution in [1.29, 1.82) is 0 Å². The second kappa shape index (κ2) is 7.91. The molecule has 0 fully saturated rings. The third kappa shape index (κ3) is 4.36. The van der Waals surface area contributed by atoms with E-state index in [0.29, 0.717) is 29.2 Å². The number of aromatic nitrogens is 3. The summed E-state index contributed by atoms with van der Waals surface area (Å²) in [5.74, 6) is -0.490. The number of imidazole rings is 1. The second-order valence-corrected chi connectivity index (χ2v) is 9.22. The smallest absolute Gasteiger partial charge is 0.326 e. The lowest BCUT2D eigenvalue weighted by molar-refractivity contribution is -0.138. The molecule has 0 atom stereocenters. The molecule has 0 amide bonds. The van der Waals surface area contributed by atoms with Crippen molar-refractivity contribution in [1.82, 2.24) is 14.5 Å². The average Bonchev–Trinajstić information content (AvgIpc) is 3.00. The van der Waals surface area contributed by atoms with Crippen LogP contribution in [0.4, 0.5) is 26.3 Å². The van der Waals surface area contributed by atoms with E-state index in [0.717, 1.165) is 12.1 Å². The number of halogens is 6. The molecule has 0 N–H and O–H groups in total. The predicted octanol–water partition coefficient (Wildman–Crippen LogP) is 5.29. The highest BCUT2D eigenvalue weighted by atomic mass is 32.2. The van der Waals surface area contributed by atoms with Crippen LogP contribution in [0.1, 0.15) is 23.7 Å². The number of hydrogen-bond donors (Lipinski definition) is 0. The van der Waals surface area contributed by atoms with E-state index in [1.54, 1.807) is 6.92 Å². The molecule has 5 nitrogen and oxygen atoms in total. The lowest BCUT2D eigenvalue weighted by atomic mass is 10.1. The molecule has 0 aliphatic heterocycles. The third-order valence-corrected chi connectivity index (χ3v) is 6.60. The fraction of sp³-hybridized carbons (Fsp3) is 0.300. The monoisotopic (exact) mass is 477 g/mol. The highest BCUT2D eigenvalue weighted by molar-refractivity contribution is 7.91. The van der Waals surface area contributed by atoms with Crippen LogP contribution in [-0.4, -0.2) is 28.7 Å². The fourth-order valence-corrected chi connectivity index (χ4v) is 4.28. The minimum Gasteiger partial charge on any atom is -0.326 e. The van der Waals surface area contributed by atoms with Gasteiger partial charge in [-0.2, -0.15) is 26.3 Å². The van der Waals surface area contributed by atoms with Crippen LogP contribution in [0.15, 0.2) is 41.4 Å². The Hall–Kier alpha value is -2.89. The first kappa shape index (κ1) is 23.8. The molecular weight excluding hydrogens is 460 g/mol. The summed E-state index contributed by atoms with van der Waals surface area (Å²) in [6, 6.07) is 4.78. The maximum atomic E-state index is 13.1. The van der Waals surface area contributed by atoms with Gasteiger partial charge in [0, 0.05) is 18.8 Å². The van der Waals surface area contributed by atoms with Gasteiger partial charge >= 0.3 is 12.4 Å². The molecule has 0 saturated carbocycles. The Bertz CT molecular complexity index is 1260. The average molecular weight is 477 g/mol. The van der Waals surface area contributed by atoms with Crippen molar-refractivity contribution >= 4 is 9.84 Å². The summed E-state index contributed by atoms with van der Waals surface area (Å²) in [5.41, 5.74) is -1.27. The van der Waals surface area contributed by atoms with E-state index in [1.807, 2.05) is 0 Å². The minimum atomic E-state index is -4.80. The molecule has 2 aromatic heterocycles. The molecular formula is C20H17F6N3O2S. The van der Waals surface area contributed by atoms with Gasteiger partial charge in [-0.15, -0.1) is 0 Å². The Morgan fingerprint density at radius 1 is 0.969 bits per heavy atom. The summed E-state index contributed by atoms with van der Waals surface area (Å²) < 4.78 is 104. The molecule has 3 aromatic rings. The lowest BCUT2D eigenvalue weighted by Gasteiger charge is -2.13. The van der Waals surface area contributed by atoms with E-state index in [9.17, 15) is 34.8 Å². The van der Waals surface area contributed by atoms with Crippen LogP contribution < -0.4 is 0 Å². The van der Waals surface area contributed by atoms with E-state index in [2.05, 4.69) is 9.97 Å². The molecule has 172 valence electrons. The third-order valence-electron chi connectivity index (χ3n) is 4.86. The SMILES string of the molecule is CCS(=O)(=O)c1cc(C(F)(F)F)cnc1-c1nc(C)c(-c2ccc(C(F)(F)F)cc2)n1C. The molecule has 0 bridgehead atoms. The van der Waals surface area contributed by atoms with Crippen molar-refractivity contribution in [2.24, 2.45) is 7.05 Å². The number of sulfone groups is 1. The highest BCUT2D eigenvalue weighted by Crippen LogP contribution is 2.36. The Morgan fingerprint density at radius 3 is 2.03 bits per heavy atom. The second-order valence-electron chi connectivity index (χ2n) is 6.98. The number of rotatable bonds is 4. The Labute approximate surface area is 179 Å². The summed E-state index contributed by atoms with van der Waals surface area (Å²) in [6.45, 7) is 2.84. The summed E-state index contributed by atoms with van der Waals surface area (Å²) in [6.07, 6.45) is -8.79. The van der Waals surface area contributed by atoms with Crippen LogP contribution in [-0.2, 0) is 29.2 Å². The van der Waals surface area contributed by atoms with Gasteiger partial charge in [0.05, 0.1) is 33.2 Å². The zero-order valence-electron chi connectivity index (χ0n) is 17.0. The molecule has 3 rings (SSSR count). The standard InChI is InChI=1S/C20H17F6N3O2S/c1-4-32(30,31)15-9-14(20(24,25)26)10-27-16(15)18-28-11(2)17(29(18)3)12-5-7-13(8-6-12)19(21,22)23/h5-10H,4H2,1-3H3. The first-order valence-corrected chi connectivity index (χ1v) is 10.8. The first-order valence-electron chi connectivity index (χ1n) is 9.18. The Morgan fingerprint density at radius 2 is 1.53 bits per heavy atom. The van der Waals surface area contributed by atoms with Crippen molar-refractivity contribution in [2.75, 3.05) is 5.75 Å². The van der Waals surface area contributed by atoms with Crippen LogP contribution in [0.3, 0.4) is 0 Å². The number of benzene rings is 1. The molecule has 1 aromatic carbocycles. The molecule has 2 heterocycles. The van der Waals surface area contributed by atoms with Gasteiger partial charge < -0.3 is 4.57 Å². The molecule has 0 radical (unpaired) electrons. The van der Waals surface area contributed by atoms with E-state index in [1.165, 1.54) is 30.7 Å². The fourth-order valence-electron chi connectivity index (χ4n) is 3.23. The van der Waals surface area contributed by atoms with Gasteiger partial charge in [-0.25, -0.2) is 13.4 Å². The van der Waals surface area contributed by atoms with E-state index >= 15 is 0 Å². The van der Waals surface area contributed by atoms with Gasteiger partial charge in [-0.05, 0) is 25.1 Å². The maximum absolute atomic E-state index is 13.1. The minimum absolute atomic E-state index is 0.0295. The van der Waals surface area contributed by atoms with Gasteiger partial charge in [0.1, 0.15) is 5.69 Å². The molecule has 0 aliphatic rings.